The van der Waals surface area contributed by atoms with Gasteiger partial charge >= 0.3 is 5.97 Å². The number of hydrogen-bond acceptors (Lipinski definition) is 4. The smallest absolute Gasteiger partial charge is 0.328 e. The van der Waals surface area contributed by atoms with Gasteiger partial charge in [-0.05, 0) is 19.8 Å². The number of amides is 1. The van der Waals surface area contributed by atoms with Crippen LogP contribution in [0.4, 0.5) is 0 Å². The van der Waals surface area contributed by atoms with Gasteiger partial charge in [-0.2, -0.15) is 5.10 Å². The lowest BCUT2D eigenvalue weighted by atomic mass is 10.1. The van der Waals surface area contributed by atoms with Gasteiger partial charge in [0.1, 0.15) is 0 Å². The topological polar surface area (TPSA) is 93.5 Å². The number of carboxylic acid groups (broad SMARTS) is 1. The second-order valence-electron chi connectivity index (χ2n) is 4.88. The Morgan fingerprint density at radius 1 is 1.43 bits per heavy atom. The Morgan fingerprint density at radius 2 is 2.05 bits per heavy atom. The lowest BCUT2D eigenvalue weighted by Crippen LogP contribution is -2.43. The number of carbonyl (C=O) groups excluding carboxylic acids is 1. The first-order valence-corrected chi connectivity index (χ1v) is 7.02. The summed E-state index contributed by atoms with van der Waals surface area (Å²) in [5.74, 6) is -1.58. The number of methoxy groups -OCH3 is 1. The summed E-state index contributed by atoms with van der Waals surface area (Å²) in [4.78, 5) is 23.2. The molecular formula is C14H23N3O4. The molecular weight excluding hydrogens is 274 g/mol. The van der Waals surface area contributed by atoms with Crippen LogP contribution in [0.5, 0.6) is 0 Å². The van der Waals surface area contributed by atoms with E-state index in [-0.39, 0.29) is 12.6 Å². The van der Waals surface area contributed by atoms with Crippen molar-refractivity contribution < 1.29 is 19.4 Å². The van der Waals surface area contributed by atoms with Crippen molar-refractivity contribution in [2.45, 2.75) is 45.7 Å². The minimum atomic E-state index is -1.13. The molecule has 1 atom stereocenters. The van der Waals surface area contributed by atoms with Gasteiger partial charge in [0.25, 0.3) is 5.91 Å². The SMILES string of the molecule is CCC(CC)n1ncc(C(=O)NC(COC)C(=O)O)c1C. The van der Waals surface area contributed by atoms with Gasteiger partial charge in [0.05, 0.1) is 24.4 Å². The van der Waals surface area contributed by atoms with E-state index in [0.29, 0.717) is 5.56 Å². The van der Waals surface area contributed by atoms with E-state index in [0.717, 1.165) is 18.5 Å². The molecule has 1 rings (SSSR count). The number of nitrogens with zero attached hydrogens (tertiary/aromatic N) is 2. The Hall–Kier alpha value is -1.89. The first kappa shape index (κ1) is 17.2. The van der Waals surface area contributed by atoms with Crippen LogP contribution in [0.1, 0.15) is 48.8 Å². The maximum atomic E-state index is 12.2. The van der Waals surface area contributed by atoms with E-state index in [2.05, 4.69) is 24.3 Å². The summed E-state index contributed by atoms with van der Waals surface area (Å²) < 4.78 is 6.61. The molecule has 0 radical (unpaired) electrons. The number of aromatic nitrogens is 2. The molecule has 1 amide bonds. The van der Waals surface area contributed by atoms with Crippen molar-refractivity contribution in [2.24, 2.45) is 0 Å². The molecule has 2 N–H and O–H groups in total. The Labute approximate surface area is 124 Å². The molecule has 118 valence electrons. The molecule has 0 spiro atoms. The Bertz CT molecular complexity index is 494. The van der Waals surface area contributed by atoms with E-state index >= 15 is 0 Å². The van der Waals surface area contributed by atoms with Crippen LogP contribution >= 0.6 is 0 Å². The van der Waals surface area contributed by atoms with Gasteiger partial charge in [-0.3, -0.25) is 9.48 Å². The van der Waals surface area contributed by atoms with E-state index in [1.54, 1.807) is 0 Å². The van der Waals surface area contributed by atoms with Crippen LogP contribution in [-0.2, 0) is 9.53 Å². The number of nitrogens with one attached hydrogen (secondary N) is 1. The van der Waals surface area contributed by atoms with Gasteiger partial charge in [-0.15, -0.1) is 0 Å². The quantitative estimate of drug-likeness (QED) is 0.756. The predicted octanol–water partition coefficient (Wildman–Crippen LogP) is 1.38. The summed E-state index contributed by atoms with van der Waals surface area (Å²) in [7, 11) is 1.39. The predicted molar refractivity (Wildman–Crippen MR) is 77.3 cm³/mol. The molecule has 0 aliphatic rings. The summed E-state index contributed by atoms with van der Waals surface area (Å²) in [5, 5.41) is 15.7. The summed E-state index contributed by atoms with van der Waals surface area (Å²) in [5.41, 5.74) is 1.13. The molecule has 0 aliphatic carbocycles. The van der Waals surface area contributed by atoms with E-state index in [4.69, 9.17) is 9.84 Å². The molecule has 0 bridgehead atoms. The van der Waals surface area contributed by atoms with Crippen LogP contribution in [0.15, 0.2) is 6.20 Å². The fourth-order valence-corrected chi connectivity index (χ4v) is 2.23. The lowest BCUT2D eigenvalue weighted by molar-refractivity contribution is -0.140. The highest BCUT2D eigenvalue weighted by Gasteiger charge is 2.23. The van der Waals surface area contributed by atoms with Crippen molar-refractivity contribution in [1.82, 2.24) is 15.1 Å². The van der Waals surface area contributed by atoms with E-state index in [1.165, 1.54) is 13.3 Å². The maximum absolute atomic E-state index is 12.2. The molecule has 7 heteroatoms. The Kier molecular flexibility index (Phi) is 6.36. The Balaban J connectivity index is 2.91. The summed E-state index contributed by atoms with van der Waals surface area (Å²) >= 11 is 0. The number of ether oxygens (including phenoxy) is 1. The Morgan fingerprint density at radius 3 is 2.52 bits per heavy atom. The molecule has 0 fully saturated rings. The van der Waals surface area contributed by atoms with Crippen LogP contribution in [0.2, 0.25) is 0 Å². The third kappa shape index (κ3) is 4.04. The summed E-state index contributed by atoms with van der Waals surface area (Å²) in [6.45, 7) is 5.86. The highest BCUT2D eigenvalue weighted by Crippen LogP contribution is 2.19. The standard InChI is InChI=1S/C14H23N3O4/c1-5-10(6-2)17-9(3)11(7-15-17)13(18)16-12(8-21-4)14(19)20/h7,10,12H,5-6,8H2,1-4H3,(H,16,18)(H,19,20). The highest BCUT2D eigenvalue weighted by atomic mass is 16.5. The molecule has 0 saturated heterocycles. The van der Waals surface area contributed by atoms with Gasteiger partial charge in [0, 0.05) is 12.8 Å². The zero-order chi connectivity index (χ0) is 16.0. The summed E-state index contributed by atoms with van der Waals surface area (Å²) in [6.07, 6.45) is 3.32. The van der Waals surface area contributed by atoms with Crippen LogP contribution in [0, 0.1) is 6.92 Å². The minimum Gasteiger partial charge on any atom is -0.480 e. The monoisotopic (exact) mass is 297 g/mol. The first-order chi connectivity index (χ1) is 9.96. The number of carboxylic acids is 1. The van der Waals surface area contributed by atoms with E-state index in [9.17, 15) is 9.59 Å². The van der Waals surface area contributed by atoms with E-state index in [1.807, 2.05) is 11.6 Å². The zero-order valence-electron chi connectivity index (χ0n) is 12.9. The molecule has 1 heterocycles. The molecule has 0 aromatic carbocycles. The molecule has 1 unspecified atom stereocenters. The van der Waals surface area contributed by atoms with Crippen LogP contribution in [-0.4, -0.2) is 46.5 Å². The fourth-order valence-electron chi connectivity index (χ4n) is 2.23. The lowest BCUT2D eigenvalue weighted by Gasteiger charge is -2.16. The van der Waals surface area contributed by atoms with Crippen LogP contribution in [0.3, 0.4) is 0 Å². The van der Waals surface area contributed by atoms with Gasteiger partial charge in [-0.1, -0.05) is 13.8 Å². The average molecular weight is 297 g/mol. The van der Waals surface area contributed by atoms with Crippen molar-refractivity contribution in [3.63, 3.8) is 0 Å². The highest BCUT2D eigenvalue weighted by molar-refractivity contribution is 5.97. The van der Waals surface area contributed by atoms with Crippen molar-refractivity contribution in [3.05, 3.63) is 17.5 Å². The number of carbonyl (C=O) groups is 2. The second-order valence-corrected chi connectivity index (χ2v) is 4.88. The van der Waals surface area contributed by atoms with Crippen LogP contribution < -0.4 is 5.32 Å². The minimum absolute atomic E-state index is 0.0825. The third-order valence-corrected chi connectivity index (χ3v) is 3.51. The van der Waals surface area contributed by atoms with Gasteiger partial charge in [0.2, 0.25) is 0 Å². The number of aliphatic carboxylic acids is 1. The second kappa shape index (κ2) is 7.78. The first-order valence-electron chi connectivity index (χ1n) is 7.02. The average Bonchev–Trinajstić information content (AvgIpc) is 2.82. The fraction of sp³-hybridized carbons (Fsp3) is 0.643. The normalized spacial score (nSPS) is 12.4. The zero-order valence-corrected chi connectivity index (χ0v) is 12.9. The number of rotatable bonds is 8. The maximum Gasteiger partial charge on any atom is 0.328 e. The molecule has 7 nitrogen and oxygen atoms in total. The van der Waals surface area contributed by atoms with Gasteiger partial charge < -0.3 is 15.2 Å². The van der Waals surface area contributed by atoms with Gasteiger partial charge in [0.15, 0.2) is 6.04 Å². The molecule has 21 heavy (non-hydrogen) atoms. The van der Waals surface area contributed by atoms with Crippen molar-refractivity contribution in [2.75, 3.05) is 13.7 Å². The van der Waals surface area contributed by atoms with Crippen molar-refractivity contribution in [1.29, 1.82) is 0 Å². The van der Waals surface area contributed by atoms with Crippen molar-refractivity contribution >= 4 is 11.9 Å². The molecule has 1 aromatic heterocycles. The summed E-state index contributed by atoms with van der Waals surface area (Å²) in [6, 6.07) is -0.834. The largest absolute Gasteiger partial charge is 0.480 e. The van der Waals surface area contributed by atoms with Crippen molar-refractivity contribution in [3.8, 4) is 0 Å². The van der Waals surface area contributed by atoms with E-state index < -0.39 is 17.9 Å². The molecule has 0 saturated carbocycles. The van der Waals surface area contributed by atoms with Crippen LogP contribution in [0.25, 0.3) is 0 Å². The van der Waals surface area contributed by atoms with Gasteiger partial charge in [-0.25, -0.2) is 4.79 Å². The third-order valence-electron chi connectivity index (χ3n) is 3.51. The molecule has 1 aromatic rings. The molecule has 0 aliphatic heterocycles. The number of hydrogen-bond donors (Lipinski definition) is 2.